The van der Waals surface area contributed by atoms with E-state index in [4.69, 9.17) is 4.74 Å². The maximum absolute atomic E-state index is 13.2. The molecule has 0 radical (unpaired) electrons. The molecule has 2 aromatic carbocycles. The molecule has 0 fully saturated rings. The minimum atomic E-state index is -0.934. The summed E-state index contributed by atoms with van der Waals surface area (Å²) in [5.74, 6) is 1.09. The Kier molecular flexibility index (Phi) is 5.36. The van der Waals surface area contributed by atoms with Gasteiger partial charge in [-0.3, -0.25) is 4.79 Å². The first-order valence-corrected chi connectivity index (χ1v) is 9.75. The number of carbonyl (C=O) groups is 1. The van der Waals surface area contributed by atoms with Crippen molar-refractivity contribution in [2.75, 3.05) is 0 Å². The van der Waals surface area contributed by atoms with Crippen molar-refractivity contribution in [3.8, 4) is 0 Å². The van der Waals surface area contributed by atoms with E-state index in [-0.39, 0.29) is 5.78 Å². The Morgan fingerprint density at radius 1 is 1.08 bits per heavy atom. The fourth-order valence-electron chi connectivity index (χ4n) is 2.34. The number of ether oxygens (including phenoxy) is 1. The van der Waals surface area contributed by atoms with Crippen LogP contribution in [0.15, 0.2) is 71.8 Å². The smallest absolute Gasteiger partial charge is 0.268 e. The summed E-state index contributed by atoms with van der Waals surface area (Å²) in [5.41, 5.74) is 1.87. The standard InChI is InChI=1S/C20H20O2S2/c1-15(2)18-13-22-20(24-18,19(21)17-11-7-4-8-12-17)23-14-16-9-5-3-6-10-16/h3-13,15H,14H2,1-2H3. The molecule has 2 nitrogen and oxygen atoms in total. The monoisotopic (exact) mass is 356 g/mol. The van der Waals surface area contributed by atoms with Crippen molar-refractivity contribution in [2.24, 2.45) is 5.92 Å². The molecule has 1 aliphatic heterocycles. The summed E-state index contributed by atoms with van der Waals surface area (Å²) >= 11 is 3.09. The number of hydrogen-bond acceptors (Lipinski definition) is 4. The largest absolute Gasteiger partial charge is 0.466 e. The molecule has 3 rings (SSSR count). The molecule has 0 saturated carbocycles. The molecule has 0 spiro atoms. The van der Waals surface area contributed by atoms with E-state index in [1.54, 1.807) is 29.8 Å². The Morgan fingerprint density at radius 3 is 2.29 bits per heavy atom. The summed E-state index contributed by atoms with van der Waals surface area (Å²) in [6.45, 7) is 4.24. The summed E-state index contributed by atoms with van der Waals surface area (Å²) in [6.07, 6.45) is 1.76. The van der Waals surface area contributed by atoms with Crippen molar-refractivity contribution in [3.63, 3.8) is 0 Å². The first kappa shape index (κ1) is 17.2. The van der Waals surface area contributed by atoms with E-state index in [1.165, 1.54) is 5.56 Å². The molecule has 0 aromatic heterocycles. The van der Waals surface area contributed by atoms with Crippen LogP contribution in [0.25, 0.3) is 0 Å². The van der Waals surface area contributed by atoms with Crippen molar-refractivity contribution >= 4 is 29.3 Å². The number of allylic oxidation sites excluding steroid dienone is 1. The van der Waals surface area contributed by atoms with Crippen LogP contribution >= 0.6 is 23.5 Å². The lowest BCUT2D eigenvalue weighted by molar-refractivity contribution is 0.0809. The van der Waals surface area contributed by atoms with Crippen LogP contribution in [0.4, 0.5) is 0 Å². The third-order valence-electron chi connectivity index (χ3n) is 3.74. The molecule has 0 aliphatic carbocycles. The number of rotatable bonds is 6. The van der Waals surface area contributed by atoms with E-state index in [0.29, 0.717) is 11.5 Å². The number of carbonyl (C=O) groups excluding carboxylic acids is 1. The highest BCUT2D eigenvalue weighted by Gasteiger charge is 2.46. The molecule has 4 heteroatoms. The average molecular weight is 357 g/mol. The Balaban J connectivity index is 1.84. The zero-order valence-corrected chi connectivity index (χ0v) is 15.4. The van der Waals surface area contributed by atoms with Gasteiger partial charge in [0.1, 0.15) is 0 Å². The highest BCUT2D eigenvalue weighted by Crippen LogP contribution is 2.52. The van der Waals surface area contributed by atoms with Gasteiger partial charge in [0.25, 0.3) is 4.27 Å². The summed E-state index contributed by atoms with van der Waals surface area (Å²) in [4.78, 5) is 14.3. The Bertz CT molecular complexity index is 726. The first-order valence-electron chi connectivity index (χ1n) is 7.95. The van der Waals surface area contributed by atoms with E-state index in [0.717, 1.165) is 10.7 Å². The van der Waals surface area contributed by atoms with Gasteiger partial charge in [0.15, 0.2) is 0 Å². The van der Waals surface area contributed by atoms with Crippen LogP contribution in [-0.4, -0.2) is 10.0 Å². The SMILES string of the molecule is CC(C)C1=COC(SCc2ccccc2)(C(=O)c2ccccc2)S1. The second kappa shape index (κ2) is 7.49. The normalized spacial score (nSPS) is 19.9. The molecule has 0 saturated heterocycles. The summed E-state index contributed by atoms with van der Waals surface area (Å²) in [7, 11) is 0. The van der Waals surface area contributed by atoms with Gasteiger partial charge in [-0.25, -0.2) is 0 Å². The number of Topliss-reactive ketones (excluding diaryl/α,β-unsaturated/α-hetero) is 1. The van der Waals surface area contributed by atoms with Crippen molar-refractivity contribution in [2.45, 2.75) is 23.9 Å². The predicted molar refractivity (Wildman–Crippen MR) is 103 cm³/mol. The van der Waals surface area contributed by atoms with Crippen molar-refractivity contribution in [3.05, 3.63) is 83.0 Å². The predicted octanol–water partition coefficient (Wildman–Crippen LogP) is 5.72. The molecule has 1 heterocycles. The molecule has 0 N–H and O–H groups in total. The Labute approximate surface area is 151 Å². The van der Waals surface area contributed by atoms with E-state index < -0.39 is 4.27 Å². The minimum absolute atomic E-state index is 0.0148. The molecule has 0 amide bonds. The van der Waals surface area contributed by atoms with Crippen LogP contribution in [0.5, 0.6) is 0 Å². The van der Waals surface area contributed by atoms with Crippen LogP contribution in [0, 0.1) is 5.92 Å². The van der Waals surface area contributed by atoms with Crippen LogP contribution in [-0.2, 0) is 10.5 Å². The maximum atomic E-state index is 13.2. The lowest BCUT2D eigenvalue weighted by Gasteiger charge is -2.26. The summed E-state index contributed by atoms with van der Waals surface area (Å²) < 4.78 is 5.03. The zero-order valence-electron chi connectivity index (χ0n) is 13.8. The average Bonchev–Trinajstić information content (AvgIpc) is 3.07. The maximum Gasteiger partial charge on any atom is 0.268 e. The highest BCUT2D eigenvalue weighted by atomic mass is 32.2. The summed E-state index contributed by atoms with van der Waals surface area (Å²) in [6, 6.07) is 19.6. The van der Waals surface area contributed by atoms with Gasteiger partial charge in [0, 0.05) is 16.2 Å². The third-order valence-corrected chi connectivity index (χ3v) is 6.83. The van der Waals surface area contributed by atoms with Gasteiger partial charge in [-0.15, -0.1) is 0 Å². The lowest BCUT2D eigenvalue weighted by atomic mass is 10.1. The summed E-state index contributed by atoms with van der Waals surface area (Å²) in [5, 5.41) is 0. The Hall–Kier alpha value is -1.65. The van der Waals surface area contributed by atoms with E-state index in [1.807, 2.05) is 48.5 Å². The van der Waals surface area contributed by atoms with E-state index >= 15 is 0 Å². The third kappa shape index (κ3) is 3.70. The van der Waals surface area contributed by atoms with Gasteiger partial charge in [0.05, 0.1) is 6.26 Å². The minimum Gasteiger partial charge on any atom is -0.466 e. The topological polar surface area (TPSA) is 26.3 Å². The van der Waals surface area contributed by atoms with Gasteiger partial charge in [-0.1, -0.05) is 98.0 Å². The number of thioether (sulfide) groups is 2. The van der Waals surface area contributed by atoms with E-state index in [9.17, 15) is 4.79 Å². The van der Waals surface area contributed by atoms with Crippen LogP contribution in [0.1, 0.15) is 29.8 Å². The fraction of sp³-hybridized carbons (Fsp3) is 0.250. The van der Waals surface area contributed by atoms with Gasteiger partial charge in [-0.2, -0.15) is 0 Å². The highest BCUT2D eigenvalue weighted by molar-refractivity contribution is 8.20. The molecular weight excluding hydrogens is 336 g/mol. The molecule has 1 atom stereocenters. The number of ketones is 1. The van der Waals surface area contributed by atoms with Gasteiger partial charge in [-0.05, 0) is 11.5 Å². The molecule has 0 bridgehead atoms. The second-order valence-corrected chi connectivity index (χ2v) is 8.58. The lowest BCUT2D eigenvalue weighted by Crippen LogP contribution is -2.31. The second-order valence-electron chi connectivity index (χ2n) is 5.92. The molecule has 2 aromatic rings. The van der Waals surface area contributed by atoms with Crippen molar-refractivity contribution < 1.29 is 9.53 Å². The molecule has 1 aliphatic rings. The van der Waals surface area contributed by atoms with Gasteiger partial charge < -0.3 is 4.74 Å². The Morgan fingerprint density at radius 2 is 1.71 bits per heavy atom. The van der Waals surface area contributed by atoms with Gasteiger partial charge >= 0.3 is 0 Å². The number of benzene rings is 2. The number of hydrogen-bond donors (Lipinski definition) is 0. The quantitative estimate of drug-likeness (QED) is 0.619. The first-order chi connectivity index (χ1) is 11.6. The van der Waals surface area contributed by atoms with Gasteiger partial charge in [0.2, 0.25) is 5.78 Å². The zero-order chi connectivity index (χ0) is 17.0. The van der Waals surface area contributed by atoms with Crippen molar-refractivity contribution in [1.82, 2.24) is 0 Å². The molecular formula is C20H20O2S2. The molecule has 124 valence electrons. The molecule has 24 heavy (non-hydrogen) atoms. The van der Waals surface area contributed by atoms with E-state index in [2.05, 4.69) is 26.0 Å². The van der Waals surface area contributed by atoms with Crippen molar-refractivity contribution in [1.29, 1.82) is 0 Å². The molecule has 1 unspecified atom stereocenters. The van der Waals surface area contributed by atoms with Crippen LogP contribution < -0.4 is 0 Å². The van der Waals surface area contributed by atoms with Crippen LogP contribution in [0.3, 0.4) is 0 Å². The van der Waals surface area contributed by atoms with Crippen LogP contribution in [0.2, 0.25) is 0 Å². The fourth-order valence-corrected chi connectivity index (χ4v) is 4.91.